The molecule has 0 fully saturated rings. The molecule has 0 aliphatic heterocycles. The number of rotatable bonds is 3. The number of aromatic hydroxyl groups is 1. The van der Waals surface area contributed by atoms with Gasteiger partial charge in [-0.3, -0.25) is 4.79 Å². The maximum atomic E-state index is 12.5. The summed E-state index contributed by atoms with van der Waals surface area (Å²) in [6.07, 6.45) is 0. The smallest absolute Gasteiger partial charge is 0.255 e. The average Bonchev–Trinajstić information content (AvgIpc) is 3.06. The number of hydrogen-bond acceptors (Lipinski definition) is 4. The van der Waals surface area contributed by atoms with Crippen LogP contribution in [0, 0.1) is 20.8 Å². The summed E-state index contributed by atoms with van der Waals surface area (Å²) in [5, 5.41) is 13.3. The molecule has 0 saturated heterocycles. The van der Waals surface area contributed by atoms with Crippen molar-refractivity contribution in [2.75, 3.05) is 5.32 Å². The molecule has 0 aliphatic rings. The predicted molar refractivity (Wildman–Crippen MR) is 110 cm³/mol. The first kappa shape index (κ1) is 17.8. The lowest BCUT2D eigenvalue weighted by atomic mass is 10.1. The maximum Gasteiger partial charge on any atom is 0.255 e. The number of fused-ring (bicyclic) bond motifs is 1. The van der Waals surface area contributed by atoms with Gasteiger partial charge in [0.2, 0.25) is 5.89 Å². The Labute approximate surface area is 162 Å². The van der Waals surface area contributed by atoms with Crippen LogP contribution in [0.25, 0.3) is 22.6 Å². The summed E-state index contributed by atoms with van der Waals surface area (Å²) in [6, 6.07) is 16.2. The Kier molecular flexibility index (Phi) is 4.35. The second-order valence-electron chi connectivity index (χ2n) is 6.95. The molecule has 5 nitrogen and oxygen atoms in total. The van der Waals surface area contributed by atoms with Crippen molar-refractivity contribution < 1.29 is 14.3 Å². The molecule has 0 spiro atoms. The van der Waals surface area contributed by atoms with Crippen molar-refractivity contribution in [3.05, 3.63) is 76.9 Å². The van der Waals surface area contributed by atoms with Crippen LogP contribution < -0.4 is 5.32 Å². The van der Waals surface area contributed by atoms with Crippen LogP contribution in [0.1, 0.15) is 27.0 Å². The van der Waals surface area contributed by atoms with E-state index in [0.717, 1.165) is 22.2 Å². The van der Waals surface area contributed by atoms with Gasteiger partial charge >= 0.3 is 0 Å². The van der Waals surface area contributed by atoms with Gasteiger partial charge in [0.15, 0.2) is 5.58 Å². The van der Waals surface area contributed by atoms with Crippen molar-refractivity contribution >= 4 is 22.7 Å². The quantitative estimate of drug-likeness (QED) is 0.506. The van der Waals surface area contributed by atoms with Crippen LogP contribution in [0.2, 0.25) is 0 Å². The van der Waals surface area contributed by atoms with Crippen molar-refractivity contribution in [1.82, 2.24) is 4.98 Å². The monoisotopic (exact) mass is 372 g/mol. The molecule has 28 heavy (non-hydrogen) atoms. The number of amides is 1. The fraction of sp³-hybridized carbons (Fsp3) is 0.130. The standard InChI is InChI=1S/C23H20N2O3/c1-13-10-15(3)21-19(11-13)25-23(28-21)18-9-8-16(12-20(18)26)24-22(27)17-7-5-4-6-14(17)2/h4-12,26H,1-3H3,(H,24,27). The second kappa shape index (κ2) is 6.85. The second-order valence-corrected chi connectivity index (χ2v) is 6.95. The molecule has 4 aromatic rings. The fourth-order valence-corrected chi connectivity index (χ4v) is 3.31. The first-order valence-corrected chi connectivity index (χ1v) is 9.00. The van der Waals surface area contributed by atoms with Crippen LogP contribution in [-0.2, 0) is 0 Å². The van der Waals surface area contributed by atoms with E-state index in [9.17, 15) is 9.90 Å². The molecule has 1 aromatic heterocycles. The normalized spacial score (nSPS) is 11.0. The van der Waals surface area contributed by atoms with E-state index >= 15 is 0 Å². The van der Waals surface area contributed by atoms with Crippen molar-refractivity contribution in [3.8, 4) is 17.2 Å². The highest BCUT2D eigenvalue weighted by atomic mass is 16.3. The molecule has 0 saturated carbocycles. The number of oxazole rings is 1. The van der Waals surface area contributed by atoms with Gasteiger partial charge in [-0.05, 0) is 61.7 Å². The van der Waals surface area contributed by atoms with E-state index in [1.54, 1.807) is 18.2 Å². The Hall–Kier alpha value is -3.60. The number of anilines is 1. The Bertz CT molecular complexity index is 1210. The van der Waals surface area contributed by atoms with Gasteiger partial charge in [0.1, 0.15) is 11.3 Å². The molecule has 0 aliphatic carbocycles. The van der Waals surface area contributed by atoms with Crippen LogP contribution in [0.15, 0.2) is 59.0 Å². The third-order valence-electron chi connectivity index (χ3n) is 4.70. The zero-order chi connectivity index (χ0) is 19.8. The van der Waals surface area contributed by atoms with E-state index < -0.39 is 0 Å². The van der Waals surface area contributed by atoms with E-state index in [4.69, 9.17) is 4.42 Å². The van der Waals surface area contributed by atoms with Crippen molar-refractivity contribution in [3.63, 3.8) is 0 Å². The highest BCUT2D eigenvalue weighted by molar-refractivity contribution is 6.05. The molecule has 5 heteroatoms. The highest BCUT2D eigenvalue weighted by Gasteiger charge is 2.15. The Morgan fingerprint density at radius 1 is 1.00 bits per heavy atom. The van der Waals surface area contributed by atoms with Gasteiger partial charge in [-0.25, -0.2) is 4.98 Å². The predicted octanol–water partition coefficient (Wildman–Crippen LogP) is 5.38. The summed E-state index contributed by atoms with van der Waals surface area (Å²) in [6.45, 7) is 5.85. The SMILES string of the molecule is Cc1cc(C)c2oc(-c3ccc(NC(=O)c4ccccc4C)cc3O)nc2c1. The number of hydrogen-bond donors (Lipinski definition) is 2. The van der Waals surface area contributed by atoms with E-state index in [-0.39, 0.29) is 11.7 Å². The number of benzene rings is 3. The van der Waals surface area contributed by atoms with Crippen molar-refractivity contribution in [2.24, 2.45) is 0 Å². The molecule has 0 bridgehead atoms. The van der Waals surface area contributed by atoms with Gasteiger partial charge in [-0.1, -0.05) is 24.3 Å². The van der Waals surface area contributed by atoms with Gasteiger partial charge < -0.3 is 14.8 Å². The number of nitrogens with zero attached hydrogens (tertiary/aromatic N) is 1. The zero-order valence-electron chi connectivity index (χ0n) is 15.9. The third-order valence-corrected chi connectivity index (χ3v) is 4.70. The Morgan fingerprint density at radius 2 is 1.79 bits per heavy atom. The van der Waals surface area contributed by atoms with Gasteiger partial charge in [0, 0.05) is 17.3 Å². The summed E-state index contributed by atoms with van der Waals surface area (Å²) in [5.41, 5.74) is 6.01. The number of carbonyl (C=O) groups excluding carboxylic acids is 1. The summed E-state index contributed by atoms with van der Waals surface area (Å²) in [4.78, 5) is 17.0. The van der Waals surface area contributed by atoms with E-state index in [1.165, 1.54) is 6.07 Å². The molecule has 2 N–H and O–H groups in total. The summed E-state index contributed by atoms with van der Waals surface area (Å²) < 4.78 is 5.87. The van der Waals surface area contributed by atoms with E-state index in [1.807, 2.05) is 51.1 Å². The fourth-order valence-electron chi connectivity index (χ4n) is 3.31. The summed E-state index contributed by atoms with van der Waals surface area (Å²) >= 11 is 0. The van der Waals surface area contributed by atoms with E-state index in [2.05, 4.69) is 10.3 Å². The van der Waals surface area contributed by atoms with Crippen LogP contribution >= 0.6 is 0 Å². The molecular weight excluding hydrogens is 352 g/mol. The lowest BCUT2D eigenvalue weighted by molar-refractivity contribution is 0.102. The summed E-state index contributed by atoms with van der Waals surface area (Å²) in [7, 11) is 0. The van der Waals surface area contributed by atoms with Crippen molar-refractivity contribution in [2.45, 2.75) is 20.8 Å². The molecule has 1 amide bonds. The van der Waals surface area contributed by atoms with Gasteiger partial charge in [0.05, 0.1) is 5.56 Å². The maximum absolute atomic E-state index is 12.5. The molecular formula is C23H20N2O3. The number of phenolic OH excluding ortho intramolecular Hbond substituents is 1. The lowest BCUT2D eigenvalue weighted by Gasteiger charge is -2.09. The molecule has 0 unspecified atom stereocenters. The van der Waals surface area contributed by atoms with Gasteiger partial charge in [-0.2, -0.15) is 0 Å². The van der Waals surface area contributed by atoms with Crippen LogP contribution in [0.3, 0.4) is 0 Å². The molecule has 1 heterocycles. The lowest BCUT2D eigenvalue weighted by Crippen LogP contribution is -2.13. The van der Waals surface area contributed by atoms with E-state index in [0.29, 0.717) is 28.3 Å². The molecule has 0 radical (unpaired) electrons. The number of carbonyl (C=O) groups is 1. The molecule has 4 rings (SSSR count). The first-order valence-electron chi connectivity index (χ1n) is 9.00. The third kappa shape index (κ3) is 3.22. The van der Waals surface area contributed by atoms with Crippen molar-refractivity contribution in [1.29, 1.82) is 0 Å². The minimum absolute atomic E-state index is 0.0106. The summed E-state index contributed by atoms with van der Waals surface area (Å²) in [5.74, 6) is 0.111. The topological polar surface area (TPSA) is 75.4 Å². The van der Waals surface area contributed by atoms with Crippen LogP contribution in [-0.4, -0.2) is 16.0 Å². The first-order chi connectivity index (χ1) is 13.4. The molecule has 3 aromatic carbocycles. The number of aryl methyl sites for hydroxylation is 3. The highest BCUT2D eigenvalue weighted by Crippen LogP contribution is 2.34. The zero-order valence-corrected chi connectivity index (χ0v) is 15.9. The minimum Gasteiger partial charge on any atom is -0.507 e. The largest absolute Gasteiger partial charge is 0.507 e. The number of nitrogens with one attached hydrogen (secondary N) is 1. The minimum atomic E-state index is -0.224. The van der Waals surface area contributed by atoms with Gasteiger partial charge in [0.25, 0.3) is 5.91 Å². The number of aromatic nitrogens is 1. The van der Waals surface area contributed by atoms with Crippen LogP contribution in [0.4, 0.5) is 5.69 Å². The Morgan fingerprint density at radius 3 is 2.54 bits per heavy atom. The van der Waals surface area contributed by atoms with Gasteiger partial charge in [-0.15, -0.1) is 0 Å². The Balaban J connectivity index is 1.64. The molecule has 140 valence electrons. The van der Waals surface area contributed by atoms with Crippen LogP contribution in [0.5, 0.6) is 5.75 Å². The average molecular weight is 372 g/mol. The molecule has 0 atom stereocenters. The number of phenols is 1.